The first-order chi connectivity index (χ1) is 7.13. The van der Waals surface area contributed by atoms with Crippen LogP contribution in [0.5, 0.6) is 0 Å². The molecule has 90 valence electrons. The van der Waals surface area contributed by atoms with E-state index in [-0.39, 0.29) is 0 Å². The molecular formula is C12H27N3. The summed E-state index contributed by atoms with van der Waals surface area (Å²) in [6, 6.07) is 0.756. The van der Waals surface area contributed by atoms with E-state index in [1.54, 1.807) is 0 Å². The molecule has 1 saturated heterocycles. The Hall–Kier alpha value is -0.120. The maximum absolute atomic E-state index is 5.64. The average Bonchev–Trinajstić information content (AvgIpc) is 2.26. The quantitative estimate of drug-likeness (QED) is 0.739. The standard InChI is InChI=1S/C12H27N3/c1-11(9-13)6-8-15-7-4-5-12(10-15)14(2)3/h11-12H,4-10,13H2,1-3H3. The predicted molar refractivity (Wildman–Crippen MR) is 66.0 cm³/mol. The monoisotopic (exact) mass is 213 g/mol. The van der Waals surface area contributed by atoms with Gasteiger partial charge in [0, 0.05) is 12.6 Å². The number of piperidine rings is 1. The molecule has 2 N–H and O–H groups in total. The molecular weight excluding hydrogens is 186 g/mol. The van der Waals surface area contributed by atoms with Crippen LogP contribution in [0.15, 0.2) is 0 Å². The van der Waals surface area contributed by atoms with Crippen molar-refractivity contribution in [2.75, 3.05) is 40.3 Å². The molecule has 3 nitrogen and oxygen atoms in total. The molecule has 0 aromatic rings. The zero-order valence-electron chi connectivity index (χ0n) is 10.6. The summed E-state index contributed by atoms with van der Waals surface area (Å²) in [7, 11) is 4.38. The van der Waals surface area contributed by atoms with Gasteiger partial charge in [0.05, 0.1) is 0 Å². The summed E-state index contributed by atoms with van der Waals surface area (Å²) in [5.41, 5.74) is 5.64. The lowest BCUT2D eigenvalue weighted by Gasteiger charge is -2.36. The van der Waals surface area contributed by atoms with Gasteiger partial charge in [-0.3, -0.25) is 0 Å². The van der Waals surface area contributed by atoms with Gasteiger partial charge in [0.1, 0.15) is 0 Å². The van der Waals surface area contributed by atoms with E-state index in [4.69, 9.17) is 5.73 Å². The van der Waals surface area contributed by atoms with Crippen molar-refractivity contribution in [1.82, 2.24) is 9.80 Å². The topological polar surface area (TPSA) is 32.5 Å². The summed E-state index contributed by atoms with van der Waals surface area (Å²) in [4.78, 5) is 4.96. The highest BCUT2D eigenvalue weighted by Gasteiger charge is 2.20. The molecule has 15 heavy (non-hydrogen) atoms. The van der Waals surface area contributed by atoms with E-state index >= 15 is 0 Å². The van der Waals surface area contributed by atoms with E-state index in [0.29, 0.717) is 5.92 Å². The summed E-state index contributed by atoms with van der Waals surface area (Å²) in [6.07, 6.45) is 3.95. The van der Waals surface area contributed by atoms with Crippen LogP contribution in [0.3, 0.4) is 0 Å². The second-order valence-electron chi connectivity index (χ2n) is 5.19. The summed E-state index contributed by atoms with van der Waals surface area (Å²) in [5.74, 6) is 0.671. The lowest BCUT2D eigenvalue weighted by atomic mass is 10.0. The first-order valence-corrected chi connectivity index (χ1v) is 6.22. The first kappa shape index (κ1) is 12.9. The van der Waals surface area contributed by atoms with Crippen LogP contribution in [0.25, 0.3) is 0 Å². The van der Waals surface area contributed by atoms with Crippen molar-refractivity contribution in [3.05, 3.63) is 0 Å². The van der Waals surface area contributed by atoms with Crippen LogP contribution in [0.2, 0.25) is 0 Å². The van der Waals surface area contributed by atoms with Crippen molar-refractivity contribution in [3.63, 3.8) is 0 Å². The van der Waals surface area contributed by atoms with Gasteiger partial charge in [-0.15, -0.1) is 0 Å². The summed E-state index contributed by atoms with van der Waals surface area (Å²) < 4.78 is 0. The van der Waals surface area contributed by atoms with Gasteiger partial charge in [-0.2, -0.15) is 0 Å². The molecule has 3 heteroatoms. The Morgan fingerprint density at radius 2 is 2.20 bits per heavy atom. The van der Waals surface area contributed by atoms with Crippen molar-refractivity contribution in [2.24, 2.45) is 11.7 Å². The molecule has 0 aromatic heterocycles. The highest BCUT2D eigenvalue weighted by molar-refractivity contribution is 4.78. The maximum Gasteiger partial charge on any atom is 0.0217 e. The molecule has 1 fully saturated rings. The molecule has 1 aliphatic rings. The van der Waals surface area contributed by atoms with Crippen LogP contribution in [0, 0.1) is 5.92 Å². The van der Waals surface area contributed by atoms with Gasteiger partial charge in [0.25, 0.3) is 0 Å². The van der Waals surface area contributed by atoms with Crippen molar-refractivity contribution in [3.8, 4) is 0 Å². The molecule has 0 bridgehead atoms. The van der Waals surface area contributed by atoms with E-state index in [9.17, 15) is 0 Å². The zero-order valence-corrected chi connectivity index (χ0v) is 10.6. The number of rotatable bonds is 5. The molecule has 1 heterocycles. The number of hydrogen-bond donors (Lipinski definition) is 1. The van der Waals surface area contributed by atoms with Gasteiger partial charge in [-0.05, 0) is 58.9 Å². The third-order valence-electron chi connectivity index (χ3n) is 3.55. The fourth-order valence-corrected chi connectivity index (χ4v) is 2.18. The minimum absolute atomic E-state index is 0.671. The van der Waals surface area contributed by atoms with E-state index in [2.05, 4.69) is 30.8 Å². The lowest BCUT2D eigenvalue weighted by molar-refractivity contribution is 0.128. The molecule has 2 atom stereocenters. The van der Waals surface area contributed by atoms with E-state index < -0.39 is 0 Å². The van der Waals surface area contributed by atoms with Crippen LogP contribution < -0.4 is 5.73 Å². The number of hydrogen-bond acceptors (Lipinski definition) is 3. The summed E-state index contributed by atoms with van der Waals surface area (Å²) in [6.45, 7) is 6.81. The van der Waals surface area contributed by atoms with E-state index in [0.717, 1.165) is 12.6 Å². The molecule has 0 aromatic carbocycles. The van der Waals surface area contributed by atoms with Gasteiger partial charge in [-0.25, -0.2) is 0 Å². The first-order valence-electron chi connectivity index (χ1n) is 6.22. The maximum atomic E-state index is 5.64. The highest BCUT2D eigenvalue weighted by Crippen LogP contribution is 2.14. The van der Waals surface area contributed by atoms with Crippen molar-refractivity contribution < 1.29 is 0 Å². The SMILES string of the molecule is CC(CN)CCN1CCCC(N(C)C)C1. The van der Waals surface area contributed by atoms with Gasteiger partial charge in [0.2, 0.25) is 0 Å². The smallest absolute Gasteiger partial charge is 0.0217 e. The van der Waals surface area contributed by atoms with Crippen molar-refractivity contribution in [1.29, 1.82) is 0 Å². The minimum atomic E-state index is 0.671. The summed E-state index contributed by atoms with van der Waals surface area (Å²) >= 11 is 0. The second-order valence-corrected chi connectivity index (χ2v) is 5.19. The molecule has 1 aliphatic heterocycles. The predicted octanol–water partition coefficient (Wildman–Crippen LogP) is 0.997. The fraction of sp³-hybridized carbons (Fsp3) is 1.00. The zero-order chi connectivity index (χ0) is 11.3. The third-order valence-corrected chi connectivity index (χ3v) is 3.55. The molecule has 2 unspecified atom stereocenters. The van der Waals surface area contributed by atoms with Gasteiger partial charge in [-0.1, -0.05) is 6.92 Å². The molecule has 1 rings (SSSR count). The molecule has 0 amide bonds. The molecule has 0 aliphatic carbocycles. The summed E-state index contributed by atoms with van der Waals surface area (Å²) in [5, 5.41) is 0. The van der Waals surface area contributed by atoms with Gasteiger partial charge in [0.15, 0.2) is 0 Å². The normalized spacial score (nSPS) is 25.8. The Balaban J connectivity index is 2.24. The fourth-order valence-electron chi connectivity index (χ4n) is 2.18. The van der Waals surface area contributed by atoms with Crippen LogP contribution in [0.1, 0.15) is 26.2 Å². The Morgan fingerprint density at radius 3 is 2.80 bits per heavy atom. The van der Waals surface area contributed by atoms with Crippen LogP contribution in [-0.2, 0) is 0 Å². The second kappa shape index (κ2) is 6.46. The van der Waals surface area contributed by atoms with Crippen molar-refractivity contribution in [2.45, 2.75) is 32.2 Å². The Labute approximate surface area is 94.6 Å². The van der Waals surface area contributed by atoms with Crippen LogP contribution >= 0.6 is 0 Å². The largest absolute Gasteiger partial charge is 0.330 e. The molecule has 0 spiro atoms. The van der Waals surface area contributed by atoms with E-state index in [1.165, 1.54) is 38.9 Å². The van der Waals surface area contributed by atoms with Gasteiger partial charge < -0.3 is 15.5 Å². The van der Waals surface area contributed by atoms with E-state index in [1.807, 2.05) is 0 Å². The van der Waals surface area contributed by atoms with Crippen molar-refractivity contribution >= 4 is 0 Å². The number of likely N-dealkylation sites (tertiary alicyclic amines) is 1. The highest BCUT2D eigenvalue weighted by atomic mass is 15.2. The number of likely N-dealkylation sites (N-methyl/N-ethyl adjacent to an activating group) is 1. The Morgan fingerprint density at radius 1 is 1.47 bits per heavy atom. The Kier molecular flexibility index (Phi) is 5.58. The van der Waals surface area contributed by atoms with Crippen LogP contribution in [-0.4, -0.2) is 56.1 Å². The number of nitrogens with zero attached hydrogens (tertiary/aromatic N) is 2. The van der Waals surface area contributed by atoms with Gasteiger partial charge >= 0.3 is 0 Å². The lowest BCUT2D eigenvalue weighted by Crippen LogP contribution is -2.45. The molecule has 0 saturated carbocycles. The minimum Gasteiger partial charge on any atom is -0.330 e. The third kappa shape index (κ3) is 4.49. The molecule has 0 radical (unpaired) electrons. The average molecular weight is 213 g/mol. The Bertz CT molecular complexity index is 170. The van der Waals surface area contributed by atoms with Crippen LogP contribution in [0.4, 0.5) is 0 Å². The number of nitrogens with two attached hydrogens (primary N) is 1.